The number of nitriles is 1. The fraction of sp³-hybridized carbons (Fsp3) is 0.889. The summed E-state index contributed by atoms with van der Waals surface area (Å²) in [4.78, 5) is 0. The van der Waals surface area contributed by atoms with Gasteiger partial charge in [-0.25, -0.2) is 12.7 Å². The second-order valence-corrected chi connectivity index (χ2v) is 6.18. The number of hydrogen-bond acceptors (Lipinski definition) is 3. The molecule has 0 aromatic heterocycles. The van der Waals surface area contributed by atoms with E-state index in [0.717, 1.165) is 12.8 Å². The second-order valence-electron chi connectivity index (χ2n) is 3.92. The summed E-state index contributed by atoms with van der Waals surface area (Å²) >= 11 is 0. The van der Waals surface area contributed by atoms with Crippen molar-refractivity contribution in [1.82, 2.24) is 4.31 Å². The van der Waals surface area contributed by atoms with Gasteiger partial charge >= 0.3 is 0 Å². The molecule has 0 saturated carbocycles. The van der Waals surface area contributed by atoms with Gasteiger partial charge in [-0.3, -0.25) is 0 Å². The van der Waals surface area contributed by atoms with Crippen molar-refractivity contribution < 1.29 is 8.42 Å². The molecule has 1 heterocycles. The summed E-state index contributed by atoms with van der Waals surface area (Å²) in [5, 5.41) is 7.69. The molecule has 0 aliphatic carbocycles. The van der Waals surface area contributed by atoms with Gasteiger partial charge < -0.3 is 0 Å². The van der Waals surface area contributed by atoms with Crippen molar-refractivity contribution in [2.24, 2.45) is 5.92 Å². The van der Waals surface area contributed by atoms with Gasteiger partial charge in [0.25, 0.3) is 0 Å². The maximum absolute atomic E-state index is 11.8. The third kappa shape index (κ3) is 2.25. The monoisotopic (exact) mass is 216 g/mol. The fourth-order valence-corrected chi connectivity index (χ4v) is 3.09. The summed E-state index contributed by atoms with van der Waals surface area (Å²) in [6.45, 7) is 4.61. The Kier molecular flexibility index (Phi) is 3.51. The lowest BCUT2D eigenvalue weighted by Crippen LogP contribution is -2.42. The molecule has 14 heavy (non-hydrogen) atoms. The van der Waals surface area contributed by atoms with Gasteiger partial charge in [0.05, 0.1) is 6.07 Å². The van der Waals surface area contributed by atoms with Crippen molar-refractivity contribution >= 4 is 10.0 Å². The molecule has 1 aliphatic heterocycles. The van der Waals surface area contributed by atoms with E-state index in [9.17, 15) is 8.42 Å². The highest BCUT2D eigenvalue weighted by atomic mass is 32.2. The van der Waals surface area contributed by atoms with Gasteiger partial charge in [0.2, 0.25) is 10.0 Å². The molecule has 0 aromatic rings. The van der Waals surface area contributed by atoms with Crippen molar-refractivity contribution in [2.75, 3.05) is 13.1 Å². The minimum Gasteiger partial charge on any atom is -0.211 e. The Bertz CT molecular complexity index is 331. The van der Waals surface area contributed by atoms with E-state index in [0.29, 0.717) is 19.0 Å². The van der Waals surface area contributed by atoms with Gasteiger partial charge in [0.15, 0.2) is 5.25 Å². The van der Waals surface area contributed by atoms with Crippen LogP contribution in [0.15, 0.2) is 0 Å². The maximum atomic E-state index is 11.8. The van der Waals surface area contributed by atoms with Crippen LogP contribution in [0.1, 0.15) is 26.7 Å². The van der Waals surface area contributed by atoms with Gasteiger partial charge in [0.1, 0.15) is 0 Å². The summed E-state index contributed by atoms with van der Waals surface area (Å²) in [7, 11) is -3.37. The first kappa shape index (κ1) is 11.5. The number of rotatable bonds is 2. The Balaban J connectivity index is 2.78. The van der Waals surface area contributed by atoms with Crippen LogP contribution < -0.4 is 0 Å². The van der Waals surface area contributed by atoms with Crippen molar-refractivity contribution in [3.63, 3.8) is 0 Å². The summed E-state index contributed by atoms with van der Waals surface area (Å²) in [5.74, 6) is 0.407. The summed E-state index contributed by atoms with van der Waals surface area (Å²) in [6.07, 6.45) is 1.98. The average molecular weight is 216 g/mol. The van der Waals surface area contributed by atoms with E-state index >= 15 is 0 Å². The van der Waals surface area contributed by atoms with E-state index in [1.807, 2.05) is 6.92 Å². The Labute approximate surface area is 85.6 Å². The smallest absolute Gasteiger partial charge is 0.211 e. The molecule has 2 atom stereocenters. The van der Waals surface area contributed by atoms with Crippen molar-refractivity contribution in [1.29, 1.82) is 5.26 Å². The lowest BCUT2D eigenvalue weighted by atomic mass is 10.0. The molecule has 4 nitrogen and oxygen atoms in total. The van der Waals surface area contributed by atoms with Crippen molar-refractivity contribution in [3.8, 4) is 6.07 Å². The van der Waals surface area contributed by atoms with E-state index in [1.165, 1.54) is 11.2 Å². The number of nitrogens with zero attached hydrogens (tertiary/aromatic N) is 2. The average Bonchev–Trinajstić information content (AvgIpc) is 2.16. The molecule has 1 fully saturated rings. The Morgan fingerprint density at radius 3 is 2.71 bits per heavy atom. The van der Waals surface area contributed by atoms with Gasteiger partial charge in [-0.15, -0.1) is 0 Å². The van der Waals surface area contributed by atoms with Gasteiger partial charge in [-0.1, -0.05) is 6.92 Å². The van der Waals surface area contributed by atoms with Crippen LogP contribution in [0.25, 0.3) is 0 Å². The van der Waals surface area contributed by atoms with Crippen LogP contribution in [0.5, 0.6) is 0 Å². The molecule has 0 bridgehead atoms. The molecule has 5 heteroatoms. The van der Waals surface area contributed by atoms with Crippen LogP contribution in [0.3, 0.4) is 0 Å². The molecule has 1 saturated heterocycles. The summed E-state index contributed by atoms with van der Waals surface area (Å²) < 4.78 is 25.0. The number of sulfonamides is 1. The van der Waals surface area contributed by atoms with Crippen LogP contribution >= 0.6 is 0 Å². The van der Waals surface area contributed by atoms with E-state index in [4.69, 9.17) is 5.26 Å². The van der Waals surface area contributed by atoms with Crippen LogP contribution in [0, 0.1) is 17.2 Å². The summed E-state index contributed by atoms with van der Waals surface area (Å²) in [5.41, 5.74) is 0. The molecule has 2 unspecified atom stereocenters. The number of hydrogen-bond donors (Lipinski definition) is 0. The molecule has 80 valence electrons. The first-order valence-electron chi connectivity index (χ1n) is 4.87. The Morgan fingerprint density at radius 1 is 1.57 bits per heavy atom. The van der Waals surface area contributed by atoms with E-state index in [2.05, 4.69) is 0 Å². The van der Waals surface area contributed by atoms with E-state index in [-0.39, 0.29) is 0 Å². The first-order valence-corrected chi connectivity index (χ1v) is 6.37. The van der Waals surface area contributed by atoms with Crippen LogP contribution in [-0.2, 0) is 10.0 Å². The van der Waals surface area contributed by atoms with Crippen molar-refractivity contribution in [3.05, 3.63) is 0 Å². The molecule has 0 spiro atoms. The molecule has 0 N–H and O–H groups in total. The topological polar surface area (TPSA) is 61.2 Å². The minimum absolute atomic E-state index is 0.407. The lowest BCUT2D eigenvalue weighted by Gasteiger charge is -2.30. The molecule has 0 amide bonds. The van der Waals surface area contributed by atoms with Crippen LogP contribution in [0.2, 0.25) is 0 Å². The highest BCUT2D eigenvalue weighted by Crippen LogP contribution is 2.20. The molecule has 0 radical (unpaired) electrons. The second kappa shape index (κ2) is 4.28. The normalized spacial score (nSPS) is 26.8. The van der Waals surface area contributed by atoms with E-state index < -0.39 is 15.3 Å². The molecular formula is C9H16N2O2S. The van der Waals surface area contributed by atoms with E-state index in [1.54, 1.807) is 6.07 Å². The predicted octanol–water partition coefficient (Wildman–Crippen LogP) is 0.960. The number of piperidine rings is 1. The van der Waals surface area contributed by atoms with Gasteiger partial charge in [-0.05, 0) is 25.7 Å². The predicted molar refractivity (Wildman–Crippen MR) is 54.0 cm³/mol. The standard InChI is InChI=1S/C9H16N2O2S/c1-8-4-3-5-11(7-8)14(12,13)9(2)6-10/h8-9H,3-5,7H2,1-2H3. The van der Waals surface area contributed by atoms with Gasteiger partial charge in [0, 0.05) is 13.1 Å². The summed E-state index contributed by atoms with van der Waals surface area (Å²) in [6, 6.07) is 1.79. The zero-order valence-corrected chi connectivity index (χ0v) is 9.42. The zero-order chi connectivity index (χ0) is 10.8. The molecule has 1 aliphatic rings. The third-order valence-electron chi connectivity index (χ3n) is 2.61. The Hall–Kier alpha value is -0.600. The fourth-order valence-electron chi connectivity index (χ4n) is 1.67. The zero-order valence-electron chi connectivity index (χ0n) is 8.60. The molecule has 1 rings (SSSR count). The van der Waals surface area contributed by atoms with Crippen molar-refractivity contribution in [2.45, 2.75) is 31.9 Å². The van der Waals surface area contributed by atoms with Crippen LogP contribution in [0.4, 0.5) is 0 Å². The lowest BCUT2D eigenvalue weighted by molar-refractivity contribution is 0.280. The molecular weight excluding hydrogens is 200 g/mol. The largest absolute Gasteiger partial charge is 0.230 e. The highest BCUT2D eigenvalue weighted by molar-refractivity contribution is 7.89. The highest BCUT2D eigenvalue weighted by Gasteiger charge is 2.31. The third-order valence-corrected chi connectivity index (χ3v) is 4.66. The maximum Gasteiger partial charge on any atom is 0.230 e. The van der Waals surface area contributed by atoms with Gasteiger partial charge in [-0.2, -0.15) is 5.26 Å². The minimum atomic E-state index is -3.37. The SMILES string of the molecule is CC1CCCN(S(=O)(=O)C(C)C#N)C1. The van der Waals surface area contributed by atoms with Crippen LogP contribution in [-0.4, -0.2) is 31.1 Å². The molecule has 0 aromatic carbocycles. The first-order chi connectivity index (χ1) is 6.48. The quantitative estimate of drug-likeness (QED) is 0.690. The Morgan fingerprint density at radius 2 is 2.21 bits per heavy atom.